The van der Waals surface area contributed by atoms with Crippen LogP contribution in [0.15, 0.2) is 48.9 Å². The average molecular weight is 201 g/mol. The molecule has 0 amide bonds. The number of rotatable bonds is 3. The number of hydrogen-bond acceptors (Lipinski definition) is 2. The third-order valence-electron chi connectivity index (χ3n) is 1.88. The lowest BCUT2D eigenvalue weighted by atomic mass is 10.1. The lowest BCUT2D eigenvalue weighted by Gasteiger charge is -1.99. The van der Waals surface area contributed by atoms with Crippen LogP contribution < -0.4 is 0 Å². The molecule has 15 heavy (non-hydrogen) atoms. The first-order chi connectivity index (χ1) is 7.09. The normalized spacial score (nSPS) is 12.0. The summed E-state index contributed by atoms with van der Waals surface area (Å²) in [6, 6.07) is 3.92. The van der Waals surface area contributed by atoms with Gasteiger partial charge in [0, 0.05) is 6.20 Å². The second-order valence-electron chi connectivity index (χ2n) is 3.41. The summed E-state index contributed by atoms with van der Waals surface area (Å²) in [5.74, 6) is 0.274. The van der Waals surface area contributed by atoms with Crippen molar-refractivity contribution in [1.29, 1.82) is 0 Å². The summed E-state index contributed by atoms with van der Waals surface area (Å²) in [5, 5.41) is 8.94. The summed E-state index contributed by atoms with van der Waals surface area (Å²) in [6.45, 7) is 7.54. The molecule has 0 aromatic carbocycles. The van der Waals surface area contributed by atoms with Crippen molar-refractivity contribution >= 4 is 5.57 Å². The Bertz CT molecular complexity index is 412. The highest BCUT2D eigenvalue weighted by atomic mass is 16.3. The monoisotopic (exact) mass is 201 g/mol. The van der Waals surface area contributed by atoms with Gasteiger partial charge in [-0.25, -0.2) is 0 Å². The largest absolute Gasteiger partial charge is 0.513 e. The van der Waals surface area contributed by atoms with Crippen LogP contribution in [0.4, 0.5) is 0 Å². The molecule has 0 unspecified atom stereocenters. The van der Waals surface area contributed by atoms with Crippen molar-refractivity contribution in [2.24, 2.45) is 0 Å². The molecule has 2 nitrogen and oxygen atoms in total. The van der Waals surface area contributed by atoms with Crippen LogP contribution in [0.3, 0.4) is 0 Å². The Morgan fingerprint density at radius 1 is 1.53 bits per heavy atom. The maximum atomic E-state index is 8.94. The first kappa shape index (κ1) is 11.2. The third-order valence-corrected chi connectivity index (χ3v) is 1.88. The molecule has 0 aliphatic rings. The van der Waals surface area contributed by atoms with E-state index in [0.29, 0.717) is 0 Å². The quantitative estimate of drug-likeness (QED) is 0.600. The van der Waals surface area contributed by atoms with Gasteiger partial charge >= 0.3 is 0 Å². The minimum Gasteiger partial charge on any atom is -0.513 e. The van der Waals surface area contributed by atoms with Gasteiger partial charge in [-0.1, -0.05) is 18.7 Å². The zero-order chi connectivity index (χ0) is 11.3. The Balaban J connectivity index is 2.78. The highest BCUT2D eigenvalue weighted by Gasteiger charge is 1.95. The number of nitrogens with zero attached hydrogens (tertiary/aromatic N) is 1. The molecule has 0 radical (unpaired) electrons. The zero-order valence-electron chi connectivity index (χ0n) is 9.07. The zero-order valence-corrected chi connectivity index (χ0v) is 9.07. The predicted molar refractivity (Wildman–Crippen MR) is 63.5 cm³/mol. The van der Waals surface area contributed by atoms with Crippen molar-refractivity contribution < 1.29 is 5.11 Å². The number of aryl methyl sites for hydroxylation is 1. The van der Waals surface area contributed by atoms with Crippen LogP contribution in [-0.4, -0.2) is 10.1 Å². The molecule has 1 rings (SSSR count). The van der Waals surface area contributed by atoms with Crippen molar-refractivity contribution in [3.05, 3.63) is 60.2 Å². The van der Waals surface area contributed by atoms with Crippen LogP contribution in [0.25, 0.3) is 5.57 Å². The van der Waals surface area contributed by atoms with Crippen LogP contribution >= 0.6 is 0 Å². The van der Waals surface area contributed by atoms with E-state index < -0.39 is 0 Å². The van der Waals surface area contributed by atoms with Gasteiger partial charge in [0.2, 0.25) is 0 Å². The van der Waals surface area contributed by atoms with Gasteiger partial charge in [-0.3, -0.25) is 4.98 Å². The molecule has 0 aliphatic heterocycles. The number of pyridine rings is 1. The Labute approximate surface area is 90.3 Å². The van der Waals surface area contributed by atoms with Gasteiger partial charge in [0.05, 0.1) is 11.5 Å². The fraction of sp³-hybridized carbons (Fsp3) is 0.154. The molecular weight excluding hydrogens is 186 g/mol. The maximum absolute atomic E-state index is 8.94. The van der Waals surface area contributed by atoms with E-state index in [4.69, 9.17) is 5.11 Å². The van der Waals surface area contributed by atoms with Gasteiger partial charge in [0.25, 0.3) is 0 Å². The van der Waals surface area contributed by atoms with Crippen LogP contribution in [0.5, 0.6) is 0 Å². The molecule has 0 spiro atoms. The van der Waals surface area contributed by atoms with Crippen molar-refractivity contribution in [3.63, 3.8) is 0 Å². The molecule has 0 saturated heterocycles. The van der Waals surface area contributed by atoms with Crippen molar-refractivity contribution in [1.82, 2.24) is 4.98 Å². The van der Waals surface area contributed by atoms with Crippen molar-refractivity contribution in [2.45, 2.75) is 13.8 Å². The second-order valence-corrected chi connectivity index (χ2v) is 3.41. The van der Waals surface area contributed by atoms with E-state index in [1.54, 1.807) is 25.3 Å². The molecule has 1 aromatic rings. The SMILES string of the molecule is C=C(/C=C\C=C(/C)O)c1cc(C)ccn1. The van der Waals surface area contributed by atoms with Crippen LogP contribution in [0.2, 0.25) is 0 Å². The summed E-state index contributed by atoms with van der Waals surface area (Å²) < 4.78 is 0. The first-order valence-corrected chi connectivity index (χ1v) is 4.75. The van der Waals surface area contributed by atoms with E-state index in [1.165, 1.54) is 0 Å². The summed E-state index contributed by atoms with van der Waals surface area (Å²) in [7, 11) is 0. The molecular formula is C13H15NO. The number of aliphatic hydroxyl groups is 1. The third kappa shape index (κ3) is 3.81. The summed E-state index contributed by atoms with van der Waals surface area (Å²) in [6.07, 6.45) is 6.95. The van der Waals surface area contributed by atoms with Gasteiger partial charge < -0.3 is 5.11 Å². The van der Waals surface area contributed by atoms with E-state index in [-0.39, 0.29) is 5.76 Å². The Morgan fingerprint density at radius 2 is 2.27 bits per heavy atom. The van der Waals surface area contributed by atoms with E-state index in [0.717, 1.165) is 16.8 Å². The Morgan fingerprint density at radius 3 is 2.87 bits per heavy atom. The molecule has 2 heteroatoms. The number of aromatic nitrogens is 1. The van der Waals surface area contributed by atoms with E-state index in [2.05, 4.69) is 11.6 Å². The smallest absolute Gasteiger partial charge is 0.0891 e. The molecule has 0 aliphatic carbocycles. The fourth-order valence-corrected chi connectivity index (χ4v) is 1.10. The standard InChI is InChI=1S/C13H15NO/c1-10-7-8-14-13(9-10)11(2)5-4-6-12(3)15/h4-9,15H,2H2,1,3H3/b5-4-,12-6+. The fourth-order valence-electron chi connectivity index (χ4n) is 1.10. The predicted octanol–water partition coefficient (Wildman–Crippen LogP) is 3.42. The minimum atomic E-state index is 0.274. The molecule has 0 fully saturated rings. The summed E-state index contributed by atoms with van der Waals surface area (Å²) in [4.78, 5) is 4.20. The van der Waals surface area contributed by atoms with Crippen molar-refractivity contribution in [2.75, 3.05) is 0 Å². The molecule has 0 bridgehead atoms. The number of aliphatic hydroxyl groups excluding tert-OH is 1. The second kappa shape index (κ2) is 5.15. The van der Waals surface area contributed by atoms with Gasteiger partial charge in [0.1, 0.15) is 0 Å². The number of hydrogen-bond donors (Lipinski definition) is 1. The van der Waals surface area contributed by atoms with Gasteiger partial charge in [0.15, 0.2) is 0 Å². The van der Waals surface area contributed by atoms with Gasteiger partial charge in [-0.2, -0.15) is 0 Å². The lowest BCUT2D eigenvalue weighted by molar-refractivity contribution is 0.414. The minimum absolute atomic E-state index is 0.274. The van der Waals surface area contributed by atoms with E-state index in [1.807, 2.05) is 25.1 Å². The summed E-state index contributed by atoms with van der Waals surface area (Å²) >= 11 is 0. The van der Waals surface area contributed by atoms with Crippen LogP contribution in [-0.2, 0) is 0 Å². The summed E-state index contributed by atoms with van der Waals surface area (Å²) in [5.41, 5.74) is 2.84. The molecule has 78 valence electrons. The Hall–Kier alpha value is -1.83. The van der Waals surface area contributed by atoms with Gasteiger partial charge in [-0.15, -0.1) is 0 Å². The average Bonchev–Trinajstić information content (AvgIpc) is 2.17. The topological polar surface area (TPSA) is 33.1 Å². The highest BCUT2D eigenvalue weighted by Crippen LogP contribution is 2.12. The van der Waals surface area contributed by atoms with Gasteiger partial charge in [-0.05, 0) is 43.2 Å². The van der Waals surface area contributed by atoms with E-state index in [9.17, 15) is 0 Å². The molecule has 0 atom stereocenters. The van der Waals surface area contributed by atoms with Crippen LogP contribution in [0.1, 0.15) is 18.2 Å². The number of allylic oxidation sites excluding steroid dienone is 5. The highest BCUT2D eigenvalue weighted by molar-refractivity contribution is 5.69. The van der Waals surface area contributed by atoms with Crippen LogP contribution in [0, 0.1) is 6.92 Å². The van der Waals surface area contributed by atoms with E-state index >= 15 is 0 Å². The molecule has 1 aromatic heterocycles. The van der Waals surface area contributed by atoms with Crippen molar-refractivity contribution in [3.8, 4) is 0 Å². The molecule has 1 N–H and O–H groups in total. The maximum Gasteiger partial charge on any atom is 0.0891 e. The first-order valence-electron chi connectivity index (χ1n) is 4.75. The molecule has 0 saturated carbocycles. The Kier molecular flexibility index (Phi) is 3.86. The lowest BCUT2D eigenvalue weighted by Crippen LogP contribution is -1.85. The molecule has 1 heterocycles.